The lowest BCUT2D eigenvalue weighted by molar-refractivity contribution is -0.120. The number of nitrogens with one attached hydrogen (secondary N) is 2. The highest BCUT2D eigenvalue weighted by molar-refractivity contribution is 6.14. The molecule has 1 unspecified atom stereocenters. The van der Waals surface area contributed by atoms with E-state index in [-0.39, 0.29) is 17.3 Å². The number of hydrogen-bond donors (Lipinski definition) is 3. The molecule has 0 bridgehead atoms. The molecule has 4 rings (SSSR count). The Balaban J connectivity index is 2.21. The summed E-state index contributed by atoms with van der Waals surface area (Å²) in [6, 6.07) is 6.13. The fraction of sp³-hybridized carbons (Fsp3) is 0.188. The lowest BCUT2D eigenvalue weighted by Gasteiger charge is -2.33. The van der Waals surface area contributed by atoms with Crippen LogP contribution in [0.3, 0.4) is 0 Å². The van der Waals surface area contributed by atoms with Crippen molar-refractivity contribution < 1.29 is 9.18 Å². The fourth-order valence-corrected chi connectivity index (χ4v) is 3.70. The predicted molar refractivity (Wildman–Crippen MR) is 84.4 cm³/mol. The molecule has 1 aromatic heterocycles. The molecular formula is C16H13FN6O. The third kappa shape index (κ3) is 1.39. The molecule has 2 aliphatic heterocycles. The molecule has 0 radical (unpaired) electrons. The van der Waals surface area contributed by atoms with Crippen LogP contribution in [0.5, 0.6) is 0 Å². The number of likely N-dealkylation sites (N-methyl/N-ethyl adjacent to an activating group) is 1. The van der Waals surface area contributed by atoms with Crippen LogP contribution in [-0.4, -0.2) is 23.2 Å². The Hall–Kier alpha value is -3.34. The highest BCUT2D eigenvalue weighted by Gasteiger charge is 2.59. The number of nitrogens with two attached hydrogens (primary N) is 1. The molecule has 24 heavy (non-hydrogen) atoms. The van der Waals surface area contributed by atoms with Crippen molar-refractivity contribution in [2.75, 3.05) is 17.3 Å². The number of aromatic nitrogens is 2. The van der Waals surface area contributed by atoms with Crippen LogP contribution in [0.1, 0.15) is 16.8 Å². The van der Waals surface area contributed by atoms with Crippen molar-refractivity contribution in [3.8, 4) is 6.07 Å². The van der Waals surface area contributed by atoms with Crippen molar-refractivity contribution >= 4 is 17.4 Å². The number of anilines is 2. The van der Waals surface area contributed by atoms with Crippen molar-refractivity contribution in [3.63, 3.8) is 0 Å². The number of carbonyl (C=O) groups excluding carboxylic acids is 1. The zero-order valence-electron chi connectivity index (χ0n) is 12.9. The van der Waals surface area contributed by atoms with Crippen molar-refractivity contribution in [2.45, 2.75) is 12.3 Å². The summed E-state index contributed by atoms with van der Waals surface area (Å²) in [6.45, 7) is 1.75. The minimum Gasteiger partial charge on any atom is -0.384 e. The molecule has 0 fully saturated rings. The Morgan fingerprint density at radius 3 is 2.92 bits per heavy atom. The summed E-state index contributed by atoms with van der Waals surface area (Å²) < 4.78 is 14.0. The number of rotatable bonds is 0. The summed E-state index contributed by atoms with van der Waals surface area (Å²) in [4.78, 5) is 14.7. The van der Waals surface area contributed by atoms with E-state index in [1.807, 2.05) is 6.07 Å². The number of carbonyl (C=O) groups is 1. The normalized spacial score (nSPS) is 21.6. The molecule has 2 aliphatic rings. The van der Waals surface area contributed by atoms with Crippen LogP contribution < -0.4 is 16.0 Å². The number of hydrogen-bond acceptors (Lipinski definition) is 5. The van der Waals surface area contributed by atoms with E-state index in [0.717, 1.165) is 0 Å². The molecule has 0 aliphatic carbocycles. The Labute approximate surface area is 136 Å². The number of benzene rings is 1. The van der Waals surface area contributed by atoms with Gasteiger partial charge in [-0.25, -0.2) is 4.39 Å². The van der Waals surface area contributed by atoms with Crippen LogP contribution in [-0.2, 0) is 10.2 Å². The van der Waals surface area contributed by atoms with Crippen molar-refractivity contribution in [3.05, 3.63) is 52.2 Å². The molecule has 0 saturated carbocycles. The first-order valence-corrected chi connectivity index (χ1v) is 7.24. The predicted octanol–water partition coefficient (Wildman–Crippen LogP) is 1.24. The zero-order valence-corrected chi connectivity index (χ0v) is 12.9. The van der Waals surface area contributed by atoms with Gasteiger partial charge in [0.15, 0.2) is 5.82 Å². The summed E-state index contributed by atoms with van der Waals surface area (Å²) in [7, 11) is 1.59. The molecule has 2 aromatic rings. The molecule has 3 heterocycles. The van der Waals surface area contributed by atoms with Gasteiger partial charge in [0.25, 0.3) is 0 Å². The van der Waals surface area contributed by atoms with Crippen LogP contribution in [0.25, 0.3) is 0 Å². The minimum atomic E-state index is -1.50. The summed E-state index contributed by atoms with van der Waals surface area (Å²) in [5.41, 5.74) is 6.57. The van der Waals surface area contributed by atoms with Gasteiger partial charge in [0.05, 0.1) is 5.57 Å². The van der Waals surface area contributed by atoms with E-state index in [9.17, 15) is 14.4 Å². The highest BCUT2D eigenvalue weighted by Crippen LogP contribution is 2.54. The smallest absolute Gasteiger partial charge is 0.247 e. The second-order valence-corrected chi connectivity index (χ2v) is 5.87. The molecule has 4 N–H and O–H groups in total. The number of amides is 1. The van der Waals surface area contributed by atoms with Crippen molar-refractivity contribution in [1.29, 1.82) is 5.26 Å². The number of nitriles is 1. The van der Waals surface area contributed by atoms with Crippen LogP contribution in [0, 0.1) is 24.1 Å². The van der Waals surface area contributed by atoms with Crippen molar-refractivity contribution in [2.24, 2.45) is 5.73 Å². The number of H-pyrrole nitrogens is 1. The van der Waals surface area contributed by atoms with E-state index in [0.29, 0.717) is 28.3 Å². The molecule has 1 amide bonds. The Morgan fingerprint density at radius 2 is 2.21 bits per heavy atom. The molecule has 1 spiro atoms. The molecule has 1 aromatic carbocycles. The maximum absolute atomic E-state index is 14.0. The number of nitrogens with zero attached hydrogens (tertiary/aromatic N) is 3. The van der Waals surface area contributed by atoms with E-state index in [2.05, 4.69) is 15.5 Å². The first-order valence-electron chi connectivity index (χ1n) is 7.24. The third-order valence-electron chi connectivity index (χ3n) is 4.68. The summed E-state index contributed by atoms with van der Waals surface area (Å²) in [6.07, 6.45) is 0. The van der Waals surface area contributed by atoms with Gasteiger partial charge in [0.1, 0.15) is 23.1 Å². The zero-order chi connectivity index (χ0) is 17.2. The van der Waals surface area contributed by atoms with Crippen LogP contribution in [0.2, 0.25) is 0 Å². The van der Waals surface area contributed by atoms with Gasteiger partial charge in [-0.1, -0.05) is 0 Å². The SMILES string of the molecule is Cc1[nH]nc2c1C1(C(=O)N(C)c3ccc(F)cc31)C(C#N)=C(N)N2. The number of fused-ring (bicyclic) bond motifs is 4. The average molecular weight is 324 g/mol. The van der Waals surface area contributed by atoms with E-state index in [1.165, 1.54) is 23.1 Å². The standard InChI is InChI=1S/C16H13FN6O/c1-7-12-14(22-21-7)20-13(19)10(6-18)16(12)9-5-8(17)3-4-11(9)23(2)15(16)24/h3-5H,19H2,1-2H3,(H2,20,21,22). The van der Waals surface area contributed by atoms with Gasteiger partial charge < -0.3 is 16.0 Å². The van der Waals surface area contributed by atoms with E-state index >= 15 is 0 Å². The fourth-order valence-electron chi connectivity index (χ4n) is 3.70. The Morgan fingerprint density at radius 1 is 1.46 bits per heavy atom. The first kappa shape index (κ1) is 14.3. The second kappa shape index (κ2) is 4.35. The van der Waals surface area contributed by atoms with Gasteiger partial charge in [-0.15, -0.1) is 0 Å². The van der Waals surface area contributed by atoms with Gasteiger partial charge in [-0.05, 0) is 25.1 Å². The Bertz CT molecular complexity index is 985. The minimum absolute atomic E-state index is 0.0374. The third-order valence-corrected chi connectivity index (χ3v) is 4.68. The lowest BCUT2D eigenvalue weighted by Crippen LogP contribution is -2.45. The lowest BCUT2D eigenvalue weighted by atomic mass is 9.68. The Kier molecular flexibility index (Phi) is 2.59. The molecule has 1 atom stereocenters. The monoisotopic (exact) mass is 324 g/mol. The maximum Gasteiger partial charge on any atom is 0.247 e. The van der Waals surface area contributed by atoms with E-state index in [4.69, 9.17) is 5.73 Å². The number of aromatic amines is 1. The molecule has 8 heteroatoms. The molecular weight excluding hydrogens is 311 g/mol. The summed E-state index contributed by atoms with van der Waals surface area (Å²) in [5.74, 6) is -0.457. The van der Waals surface area contributed by atoms with Crippen molar-refractivity contribution in [1.82, 2.24) is 10.2 Å². The largest absolute Gasteiger partial charge is 0.384 e. The van der Waals surface area contributed by atoms with Crippen LogP contribution in [0.4, 0.5) is 15.9 Å². The van der Waals surface area contributed by atoms with Gasteiger partial charge in [-0.3, -0.25) is 9.89 Å². The quantitative estimate of drug-likeness (QED) is 0.675. The van der Waals surface area contributed by atoms with Crippen LogP contribution in [0.15, 0.2) is 29.6 Å². The maximum atomic E-state index is 14.0. The van der Waals surface area contributed by atoms with Gasteiger partial charge in [0, 0.05) is 29.6 Å². The first-order chi connectivity index (χ1) is 11.4. The van der Waals surface area contributed by atoms with Gasteiger partial charge in [0.2, 0.25) is 5.91 Å². The molecule has 7 nitrogen and oxygen atoms in total. The average Bonchev–Trinajstić information content (AvgIpc) is 3.01. The van der Waals surface area contributed by atoms with E-state index in [1.54, 1.807) is 14.0 Å². The summed E-state index contributed by atoms with van der Waals surface area (Å²) >= 11 is 0. The second-order valence-electron chi connectivity index (χ2n) is 5.87. The molecule has 0 saturated heterocycles. The van der Waals surface area contributed by atoms with Gasteiger partial charge >= 0.3 is 0 Å². The number of halogens is 1. The topological polar surface area (TPSA) is 111 Å². The van der Waals surface area contributed by atoms with E-state index < -0.39 is 11.2 Å². The molecule has 120 valence electrons. The highest BCUT2D eigenvalue weighted by atomic mass is 19.1. The van der Waals surface area contributed by atoms with Crippen LogP contribution >= 0.6 is 0 Å². The summed E-state index contributed by atoms with van der Waals surface area (Å²) in [5, 5.41) is 19.5. The van der Waals surface area contributed by atoms with Gasteiger partial charge in [-0.2, -0.15) is 10.4 Å². The number of aryl methyl sites for hydroxylation is 1.